The van der Waals surface area contributed by atoms with E-state index in [0.717, 1.165) is 16.7 Å². The Labute approximate surface area is 205 Å². The van der Waals surface area contributed by atoms with Gasteiger partial charge in [0.2, 0.25) is 0 Å². The highest BCUT2D eigenvalue weighted by Gasteiger charge is 2.13. The summed E-state index contributed by atoms with van der Waals surface area (Å²) in [6.45, 7) is 0.759. The monoisotopic (exact) mass is 468 g/mol. The fourth-order valence-corrected chi connectivity index (χ4v) is 3.61. The van der Waals surface area contributed by atoms with Gasteiger partial charge >= 0.3 is 0 Å². The van der Waals surface area contributed by atoms with E-state index in [1.807, 2.05) is 78.9 Å². The van der Waals surface area contributed by atoms with Crippen molar-refractivity contribution in [2.45, 2.75) is 19.6 Å². The predicted molar refractivity (Wildman–Crippen MR) is 137 cm³/mol. The van der Waals surface area contributed by atoms with Crippen LogP contribution >= 0.6 is 0 Å². The van der Waals surface area contributed by atoms with Crippen molar-refractivity contribution >= 4 is 6.08 Å². The molecule has 0 aliphatic carbocycles. The lowest BCUT2D eigenvalue weighted by Crippen LogP contribution is -2.01. The molecule has 0 spiro atoms. The van der Waals surface area contributed by atoms with Crippen LogP contribution < -0.4 is 14.2 Å². The number of aromatic hydroxyl groups is 2. The second-order valence-corrected chi connectivity index (χ2v) is 8.01. The van der Waals surface area contributed by atoms with Gasteiger partial charge in [0.1, 0.15) is 30.5 Å². The third kappa shape index (κ3) is 6.58. The van der Waals surface area contributed by atoms with Crippen molar-refractivity contribution in [3.63, 3.8) is 0 Å². The lowest BCUT2D eigenvalue weighted by molar-refractivity contribution is 0.284. The van der Waals surface area contributed by atoms with Crippen LogP contribution in [0, 0.1) is 0 Å². The molecule has 178 valence electrons. The molecule has 5 heteroatoms. The topological polar surface area (TPSA) is 68.2 Å². The minimum Gasteiger partial charge on any atom is -0.507 e. The molecule has 4 rings (SSSR count). The van der Waals surface area contributed by atoms with Gasteiger partial charge in [-0.1, -0.05) is 78.9 Å². The zero-order valence-electron chi connectivity index (χ0n) is 19.6. The zero-order valence-corrected chi connectivity index (χ0v) is 19.6. The van der Waals surface area contributed by atoms with Crippen LogP contribution in [0.15, 0.2) is 97.1 Å². The molecule has 0 bridgehead atoms. The van der Waals surface area contributed by atoms with Gasteiger partial charge in [0.25, 0.3) is 0 Å². The summed E-state index contributed by atoms with van der Waals surface area (Å²) < 4.78 is 17.2. The Morgan fingerprint density at radius 3 is 2.00 bits per heavy atom. The minimum absolute atomic E-state index is 0.0879. The van der Waals surface area contributed by atoms with E-state index in [0.29, 0.717) is 42.4 Å². The molecule has 0 radical (unpaired) electrons. The van der Waals surface area contributed by atoms with Gasteiger partial charge in [-0.05, 0) is 35.2 Å². The summed E-state index contributed by atoms with van der Waals surface area (Å²) in [5, 5.41) is 20.6. The van der Waals surface area contributed by atoms with Crippen LogP contribution in [-0.4, -0.2) is 17.3 Å². The van der Waals surface area contributed by atoms with E-state index in [9.17, 15) is 10.2 Å². The van der Waals surface area contributed by atoms with E-state index in [2.05, 4.69) is 0 Å². The van der Waals surface area contributed by atoms with Crippen LogP contribution in [0.2, 0.25) is 0 Å². The van der Waals surface area contributed by atoms with E-state index in [1.54, 1.807) is 24.3 Å². The molecule has 0 heterocycles. The smallest absolute Gasteiger partial charge is 0.161 e. The molecule has 2 N–H and O–H groups in total. The lowest BCUT2D eigenvalue weighted by atomic mass is 10.1. The van der Waals surface area contributed by atoms with Crippen molar-refractivity contribution in [3.8, 4) is 28.7 Å². The average molecular weight is 469 g/mol. The van der Waals surface area contributed by atoms with Gasteiger partial charge in [-0.25, -0.2) is 0 Å². The van der Waals surface area contributed by atoms with Crippen molar-refractivity contribution < 1.29 is 24.4 Å². The minimum atomic E-state index is 0.0879. The predicted octanol–water partition coefficient (Wildman–Crippen LogP) is 6.52. The zero-order chi connectivity index (χ0) is 24.5. The molecule has 0 unspecified atom stereocenters. The number of phenols is 2. The summed E-state index contributed by atoms with van der Waals surface area (Å²) >= 11 is 0. The summed E-state index contributed by atoms with van der Waals surface area (Å²) in [4.78, 5) is 0. The largest absolute Gasteiger partial charge is 0.507 e. The van der Waals surface area contributed by atoms with E-state index < -0.39 is 0 Å². The molecule has 0 amide bonds. The Hall–Kier alpha value is -4.38. The number of ether oxygens (including phenoxy) is 3. The third-order valence-electron chi connectivity index (χ3n) is 5.48. The fraction of sp³-hybridized carbons (Fsp3) is 0.133. The van der Waals surface area contributed by atoms with E-state index in [-0.39, 0.29) is 11.5 Å². The van der Waals surface area contributed by atoms with Gasteiger partial charge in [-0.2, -0.15) is 0 Å². The first-order valence-corrected chi connectivity index (χ1v) is 11.4. The summed E-state index contributed by atoms with van der Waals surface area (Å²) in [6.07, 6.45) is 4.28. The molecule has 0 saturated carbocycles. The van der Waals surface area contributed by atoms with Crippen molar-refractivity contribution in [1.82, 2.24) is 0 Å². The van der Waals surface area contributed by atoms with Crippen molar-refractivity contribution in [1.29, 1.82) is 0 Å². The standard InChI is InChI=1S/C30H28O5/c1-33-30-17-22(15-16-27(30)31)13-8-14-26-28(32)18-25(34-20-23-9-4-2-5-10-23)19-29(26)35-21-24-11-6-3-7-12-24/h2-13,15-19,31-32H,14,20-21H2,1H3. The maximum absolute atomic E-state index is 10.8. The van der Waals surface area contributed by atoms with Crippen LogP contribution in [0.3, 0.4) is 0 Å². The number of hydrogen-bond acceptors (Lipinski definition) is 5. The Morgan fingerprint density at radius 1 is 0.686 bits per heavy atom. The molecule has 0 aliphatic heterocycles. The van der Waals surface area contributed by atoms with Crippen LogP contribution in [0.4, 0.5) is 0 Å². The van der Waals surface area contributed by atoms with Gasteiger partial charge in [0, 0.05) is 17.7 Å². The number of benzene rings is 4. The highest BCUT2D eigenvalue weighted by molar-refractivity contribution is 5.57. The number of allylic oxidation sites excluding steroid dienone is 1. The Morgan fingerprint density at radius 2 is 1.34 bits per heavy atom. The SMILES string of the molecule is COc1cc(C=CCc2c(O)cc(OCc3ccccc3)cc2OCc2ccccc2)ccc1O. The highest BCUT2D eigenvalue weighted by atomic mass is 16.5. The second-order valence-electron chi connectivity index (χ2n) is 8.01. The Bertz CT molecular complexity index is 1270. The molecule has 4 aromatic rings. The van der Waals surface area contributed by atoms with Crippen LogP contribution in [0.5, 0.6) is 28.7 Å². The highest BCUT2D eigenvalue weighted by Crippen LogP contribution is 2.35. The van der Waals surface area contributed by atoms with Crippen molar-refractivity contribution in [2.24, 2.45) is 0 Å². The Balaban J connectivity index is 1.54. The number of phenolic OH excluding ortho intramolecular Hbond substituents is 2. The molecule has 0 saturated heterocycles. The van der Waals surface area contributed by atoms with Gasteiger partial charge in [-0.3, -0.25) is 0 Å². The molecule has 0 fully saturated rings. The molecule has 0 aliphatic rings. The summed E-state index contributed by atoms with van der Waals surface area (Å²) in [7, 11) is 1.51. The van der Waals surface area contributed by atoms with Crippen molar-refractivity contribution in [3.05, 3.63) is 119 Å². The van der Waals surface area contributed by atoms with E-state index >= 15 is 0 Å². The van der Waals surface area contributed by atoms with Gasteiger partial charge in [-0.15, -0.1) is 0 Å². The van der Waals surface area contributed by atoms with Gasteiger partial charge < -0.3 is 24.4 Å². The third-order valence-corrected chi connectivity index (χ3v) is 5.48. The summed E-state index contributed by atoms with van der Waals surface area (Å²) in [5.41, 5.74) is 3.60. The summed E-state index contributed by atoms with van der Waals surface area (Å²) in [6, 6.07) is 28.3. The first-order valence-electron chi connectivity index (χ1n) is 11.4. The van der Waals surface area contributed by atoms with Crippen LogP contribution in [-0.2, 0) is 19.6 Å². The normalized spacial score (nSPS) is 10.9. The summed E-state index contributed by atoms with van der Waals surface area (Å²) in [5.74, 6) is 1.69. The fourth-order valence-electron chi connectivity index (χ4n) is 3.61. The van der Waals surface area contributed by atoms with E-state index in [4.69, 9.17) is 14.2 Å². The Kier molecular flexibility index (Phi) is 7.92. The van der Waals surface area contributed by atoms with Gasteiger partial charge in [0.15, 0.2) is 11.5 Å². The molecular weight excluding hydrogens is 440 g/mol. The molecule has 5 nitrogen and oxygen atoms in total. The number of hydrogen-bond donors (Lipinski definition) is 2. The first kappa shape index (κ1) is 23.8. The number of rotatable bonds is 10. The maximum Gasteiger partial charge on any atom is 0.161 e. The molecule has 35 heavy (non-hydrogen) atoms. The molecule has 4 aromatic carbocycles. The molecular formula is C30H28O5. The van der Waals surface area contributed by atoms with E-state index in [1.165, 1.54) is 7.11 Å². The molecule has 0 aromatic heterocycles. The number of methoxy groups -OCH3 is 1. The van der Waals surface area contributed by atoms with Crippen molar-refractivity contribution in [2.75, 3.05) is 7.11 Å². The van der Waals surface area contributed by atoms with Gasteiger partial charge in [0.05, 0.1) is 7.11 Å². The second kappa shape index (κ2) is 11.7. The lowest BCUT2D eigenvalue weighted by Gasteiger charge is -2.15. The van der Waals surface area contributed by atoms with Crippen LogP contribution in [0.1, 0.15) is 22.3 Å². The van der Waals surface area contributed by atoms with Crippen LogP contribution in [0.25, 0.3) is 6.08 Å². The average Bonchev–Trinajstić information content (AvgIpc) is 2.89. The maximum atomic E-state index is 10.8. The quantitative estimate of drug-likeness (QED) is 0.277. The molecule has 0 atom stereocenters. The first-order chi connectivity index (χ1) is 17.1.